The van der Waals surface area contributed by atoms with E-state index in [4.69, 9.17) is 0 Å². The summed E-state index contributed by atoms with van der Waals surface area (Å²) in [5, 5.41) is 0. The third kappa shape index (κ3) is 2.75. The number of fused-ring (bicyclic) bond motifs is 3. The van der Waals surface area contributed by atoms with Crippen LogP contribution >= 0.6 is 0 Å². The van der Waals surface area contributed by atoms with Crippen molar-refractivity contribution in [2.24, 2.45) is 0 Å². The lowest BCUT2D eigenvalue weighted by Gasteiger charge is -2.24. The summed E-state index contributed by atoms with van der Waals surface area (Å²) in [5.74, 6) is -35.5. The van der Waals surface area contributed by atoms with E-state index < -0.39 is 116 Å². The molecule has 0 bridgehead atoms. The molecule has 0 nitrogen and oxygen atoms in total. The van der Waals surface area contributed by atoms with Crippen LogP contribution in [0, 0.1) is 75.6 Å². The highest BCUT2D eigenvalue weighted by Crippen LogP contribution is 2.55. The fourth-order valence-corrected chi connectivity index (χ4v) is 3.83. The van der Waals surface area contributed by atoms with Crippen LogP contribution in [0.4, 0.5) is 61.5 Å². The quantitative estimate of drug-likeness (QED) is 0.189. The molecule has 178 valence electrons. The summed E-state index contributed by atoms with van der Waals surface area (Å²) in [7, 11) is -2.40. The molecule has 0 unspecified atom stereocenters. The van der Waals surface area contributed by atoms with Gasteiger partial charge in [0.25, 0.3) is 0 Å². The Morgan fingerprint density at radius 2 is 0.618 bits per heavy atom. The Hall–Kier alpha value is -3.26. The summed E-state index contributed by atoms with van der Waals surface area (Å²) >= 11 is 0. The number of hydrogen-bond donors (Lipinski definition) is 0. The summed E-state index contributed by atoms with van der Waals surface area (Å²) in [6.45, 7) is 0. The molecule has 0 heterocycles. The van der Waals surface area contributed by atoms with Gasteiger partial charge >= 0.3 is 0 Å². The van der Waals surface area contributed by atoms with Crippen LogP contribution in [0.15, 0.2) is 0 Å². The molecule has 0 fully saturated rings. The van der Waals surface area contributed by atoms with Crippen LogP contribution in [0.25, 0.3) is 11.1 Å². The molecule has 4 rings (SSSR count). The Kier molecular flexibility index (Phi) is 5.18. The van der Waals surface area contributed by atoms with E-state index in [1.165, 1.54) is 0 Å². The molecule has 0 atom stereocenters. The predicted octanol–water partition coefficient (Wildman–Crippen LogP) is 5.41. The van der Waals surface area contributed by atoms with E-state index in [1.807, 2.05) is 0 Å². The Balaban J connectivity index is 2.20. The maximum Gasteiger partial charge on any atom is 0.223 e. The third-order valence-corrected chi connectivity index (χ3v) is 5.30. The highest BCUT2D eigenvalue weighted by molar-refractivity contribution is 6.58. The van der Waals surface area contributed by atoms with Crippen molar-refractivity contribution >= 4 is 12.7 Å². The van der Waals surface area contributed by atoms with Gasteiger partial charge in [0.2, 0.25) is 7.28 Å². The summed E-state index contributed by atoms with van der Waals surface area (Å²) < 4.78 is 198. The molecule has 0 spiro atoms. The van der Waals surface area contributed by atoms with Crippen molar-refractivity contribution in [3.8, 4) is 11.1 Å². The molecular weight excluding hydrogens is 505 g/mol. The molecule has 15 heteroatoms. The van der Waals surface area contributed by atoms with Gasteiger partial charge in [-0.2, -0.15) is 0 Å². The number of hydrogen-bond acceptors (Lipinski definition) is 0. The molecule has 0 N–H and O–H groups in total. The number of rotatable bonds is 2. The molecule has 3 aromatic rings. The van der Waals surface area contributed by atoms with Gasteiger partial charge < -0.3 is 0 Å². The first-order valence-corrected chi connectivity index (χ1v) is 8.60. The first-order valence-electron chi connectivity index (χ1n) is 8.60. The summed E-state index contributed by atoms with van der Waals surface area (Å²) in [5.41, 5.74) is -15.2. The Bertz CT molecular complexity index is 1330. The van der Waals surface area contributed by atoms with E-state index in [1.54, 1.807) is 0 Å². The van der Waals surface area contributed by atoms with Crippen LogP contribution in [-0.4, -0.2) is 7.28 Å². The van der Waals surface area contributed by atoms with E-state index >= 15 is 4.39 Å². The van der Waals surface area contributed by atoms with Crippen molar-refractivity contribution in [1.29, 1.82) is 0 Å². The van der Waals surface area contributed by atoms with Gasteiger partial charge in [-0.3, -0.25) is 0 Å². The molecule has 3 aromatic carbocycles. The van der Waals surface area contributed by atoms with Gasteiger partial charge in [0.1, 0.15) is 5.57 Å². The van der Waals surface area contributed by atoms with Crippen molar-refractivity contribution < 1.29 is 61.5 Å². The zero-order valence-electron chi connectivity index (χ0n) is 15.5. The molecule has 0 aromatic heterocycles. The lowest BCUT2D eigenvalue weighted by Crippen LogP contribution is -2.42. The average Bonchev–Trinajstić information content (AvgIpc) is 3.08. The lowest BCUT2D eigenvalue weighted by atomic mass is 9.53. The maximum atomic E-state index is 16.1. The summed E-state index contributed by atoms with van der Waals surface area (Å²) in [4.78, 5) is 0. The SMILES string of the molecule is Fc1c(F)c(F)c(BC2(F)c3c(F)c(F)c(F)c(F)c3-c3c(F)c(F)c(F)c(F)c32)c(F)c1F. The fourth-order valence-electron chi connectivity index (χ4n) is 3.83. The monoisotopic (exact) mass is 506 g/mol. The van der Waals surface area contributed by atoms with E-state index in [2.05, 4.69) is 0 Å². The third-order valence-electron chi connectivity index (χ3n) is 5.30. The molecule has 1 aliphatic rings. The lowest BCUT2D eigenvalue weighted by molar-refractivity contribution is 0.305. The van der Waals surface area contributed by atoms with Crippen LogP contribution in [-0.2, 0) is 5.57 Å². The van der Waals surface area contributed by atoms with Crippen LogP contribution in [0.2, 0.25) is 0 Å². The highest BCUT2D eigenvalue weighted by Gasteiger charge is 2.55. The molecule has 0 saturated carbocycles. The summed E-state index contributed by atoms with van der Waals surface area (Å²) in [6.07, 6.45) is 0. The first kappa shape index (κ1) is 23.9. The van der Waals surface area contributed by atoms with Crippen molar-refractivity contribution in [2.45, 2.75) is 5.57 Å². The zero-order valence-corrected chi connectivity index (χ0v) is 15.5. The van der Waals surface area contributed by atoms with Gasteiger partial charge in [0.05, 0.1) is 0 Å². The number of alkyl halides is 1. The van der Waals surface area contributed by atoms with Gasteiger partial charge in [-0.05, 0) is 5.46 Å². The molecule has 0 aliphatic heterocycles. The highest BCUT2D eigenvalue weighted by atomic mass is 19.2. The second-order valence-electron chi connectivity index (χ2n) is 7.04. The second kappa shape index (κ2) is 7.37. The Morgan fingerprint density at radius 3 is 0.971 bits per heavy atom. The van der Waals surface area contributed by atoms with E-state index in [9.17, 15) is 57.1 Å². The minimum atomic E-state index is -4.53. The summed E-state index contributed by atoms with van der Waals surface area (Å²) in [6, 6.07) is 0. The number of benzene rings is 3. The van der Waals surface area contributed by atoms with E-state index in [-0.39, 0.29) is 0 Å². The minimum absolute atomic E-state index is 2.03. The Labute approximate surface area is 178 Å². The Morgan fingerprint density at radius 1 is 0.353 bits per heavy atom. The van der Waals surface area contributed by atoms with Gasteiger partial charge in [-0.15, -0.1) is 0 Å². The van der Waals surface area contributed by atoms with Gasteiger partial charge in [0.15, 0.2) is 75.6 Å². The van der Waals surface area contributed by atoms with Crippen LogP contribution in [0.5, 0.6) is 0 Å². The molecular formula is C19HBF14. The molecule has 34 heavy (non-hydrogen) atoms. The van der Waals surface area contributed by atoms with Crippen LogP contribution < -0.4 is 5.46 Å². The van der Waals surface area contributed by atoms with E-state index in [0.717, 1.165) is 0 Å². The molecule has 0 saturated heterocycles. The average molecular weight is 506 g/mol. The second-order valence-corrected chi connectivity index (χ2v) is 7.04. The normalized spacial score (nSPS) is 13.8. The van der Waals surface area contributed by atoms with Gasteiger partial charge in [-0.1, -0.05) is 0 Å². The van der Waals surface area contributed by atoms with Crippen LogP contribution in [0.1, 0.15) is 11.1 Å². The fraction of sp³-hybridized carbons (Fsp3) is 0.0526. The predicted molar refractivity (Wildman–Crippen MR) is 86.4 cm³/mol. The van der Waals surface area contributed by atoms with Crippen molar-refractivity contribution in [1.82, 2.24) is 0 Å². The van der Waals surface area contributed by atoms with Crippen molar-refractivity contribution in [3.05, 3.63) is 86.8 Å². The maximum absolute atomic E-state index is 16.1. The molecule has 1 aliphatic carbocycles. The minimum Gasteiger partial charge on any atom is -0.243 e. The standard InChI is InChI=1S/C19HBF14/c21-6-1-2-4(9(24)15(30)13(28)7(2)22)19(34,3(1)8(23)14(29)12(6)27)20-5-10(25)16(31)18(33)17(32)11(5)26/h20H. The first-order chi connectivity index (χ1) is 15.7. The van der Waals surface area contributed by atoms with Crippen molar-refractivity contribution in [2.75, 3.05) is 0 Å². The topological polar surface area (TPSA) is 0 Å². The van der Waals surface area contributed by atoms with Crippen LogP contribution in [0.3, 0.4) is 0 Å². The largest absolute Gasteiger partial charge is 0.243 e. The van der Waals surface area contributed by atoms with E-state index in [0.29, 0.717) is 0 Å². The molecule has 0 radical (unpaired) electrons. The molecule has 0 amide bonds. The van der Waals surface area contributed by atoms with Gasteiger partial charge in [0, 0.05) is 22.3 Å². The number of halogens is 14. The van der Waals surface area contributed by atoms with Gasteiger partial charge in [-0.25, -0.2) is 61.5 Å². The zero-order chi connectivity index (χ0) is 25.6. The van der Waals surface area contributed by atoms with Crippen molar-refractivity contribution in [3.63, 3.8) is 0 Å². The smallest absolute Gasteiger partial charge is 0.223 e.